The van der Waals surface area contributed by atoms with Gasteiger partial charge in [0.25, 0.3) is 5.91 Å². The van der Waals surface area contributed by atoms with Crippen molar-refractivity contribution in [3.05, 3.63) is 59.1 Å². The standard InChI is InChI=1S/C18H17FN4O2S/c19-13-3-1-12(2-4-13)5-6-22-10-14(9-16(22)24)20-17(25)15-11-23-7-8-26-18(23)21-15/h1-4,7-8,11,14H,5-6,9-10H2,(H,20,25). The minimum absolute atomic E-state index is 0.0169. The van der Waals surface area contributed by atoms with Crippen LogP contribution in [0.1, 0.15) is 22.5 Å². The maximum Gasteiger partial charge on any atom is 0.271 e. The number of aromatic nitrogens is 2. The second kappa shape index (κ2) is 6.87. The van der Waals surface area contributed by atoms with Crippen molar-refractivity contribution in [2.45, 2.75) is 18.9 Å². The van der Waals surface area contributed by atoms with Gasteiger partial charge in [-0.1, -0.05) is 12.1 Å². The number of nitrogens with one attached hydrogen (secondary N) is 1. The van der Waals surface area contributed by atoms with Gasteiger partial charge in [-0.3, -0.25) is 14.0 Å². The molecule has 1 fully saturated rings. The van der Waals surface area contributed by atoms with Gasteiger partial charge in [-0.05, 0) is 24.1 Å². The molecule has 1 aliphatic rings. The quantitative estimate of drug-likeness (QED) is 0.746. The molecule has 3 heterocycles. The summed E-state index contributed by atoms with van der Waals surface area (Å²) in [5, 5.41) is 4.79. The van der Waals surface area contributed by atoms with Crippen molar-refractivity contribution in [3.63, 3.8) is 0 Å². The minimum Gasteiger partial charge on any atom is -0.346 e. The number of benzene rings is 1. The summed E-state index contributed by atoms with van der Waals surface area (Å²) in [6, 6.07) is 6.06. The smallest absolute Gasteiger partial charge is 0.271 e. The van der Waals surface area contributed by atoms with Gasteiger partial charge in [-0.25, -0.2) is 9.37 Å². The van der Waals surface area contributed by atoms with Crippen LogP contribution in [0.15, 0.2) is 42.0 Å². The lowest BCUT2D eigenvalue weighted by atomic mass is 10.1. The fraction of sp³-hybridized carbons (Fsp3) is 0.278. The zero-order valence-electron chi connectivity index (χ0n) is 13.9. The second-order valence-electron chi connectivity index (χ2n) is 6.31. The summed E-state index contributed by atoms with van der Waals surface area (Å²) in [5.41, 5.74) is 1.33. The Kier molecular flexibility index (Phi) is 4.42. The number of likely N-dealkylation sites (tertiary alicyclic amines) is 1. The molecular weight excluding hydrogens is 355 g/mol. The van der Waals surface area contributed by atoms with Crippen LogP contribution < -0.4 is 5.32 Å². The predicted molar refractivity (Wildman–Crippen MR) is 95.6 cm³/mol. The van der Waals surface area contributed by atoms with Crippen LogP contribution >= 0.6 is 11.3 Å². The molecule has 6 nitrogen and oxygen atoms in total. The van der Waals surface area contributed by atoms with Crippen LogP contribution in [0.25, 0.3) is 4.96 Å². The Morgan fingerprint density at radius 2 is 2.15 bits per heavy atom. The van der Waals surface area contributed by atoms with E-state index in [4.69, 9.17) is 0 Å². The van der Waals surface area contributed by atoms with E-state index >= 15 is 0 Å². The zero-order chi connectivity index (χ0) is 18.1. The Morgan fingerprint density at radius 1 is 1.35 bits per heavy atom. The summed E-state index contributed by atoms with van der Waals surface area (Å²) in [5.74, 6) is -0.518. The lowest BCUT2D eigenvalue weighted by Crippen LogP contribution is -2.37. The normalized spacial score (nSPS) is 17.2. The molecule has 2 aromatic heterocycles. The maximum atomic E-state index is 12.9. The SMILES string of the molecule is O=C(NC1CC(=O)N(CCc2ccc(F)cc2)C1)c1cn2ccsc2n1. The number of fused-ring (bicyclic) bond motifs is 1. The van der Waals surface area contributed by atoms with Crippen LogP contribution in [-0.2, 0) is 11.2 Å². The number of imidazole rings is 1. The fourth-order valence-corrected chi connectivity index (χ4v) is 3.80. The number of hydrogen-bond acceptors (Lipinski definition) is 4. The Hall–Kier alpha value is -2.74. The summed E-state index contributed by atoms with van der Waals surface area (Å²) in [7, 11) is 0. The summed E-state index contributed by atoms with van der Waals surface area (Å²) in [4.78, 5) is 31.3. The Morgan fingerprint density at radius 3 is 2.92 bits per heavy atom. The lowest BCUT2D eigenvalue weighted by molar-refractivity contribution is -0.127. The predicted octanol–water partition coefficient (Wildman–Crippen LogP) is 2.11. The molecule has 1 unspecified atom stereocenters. The molecule has 0 spiro atoms. The Labute approximate surface area is 153 Å². The van der Waals surface area contributed by atoms with E-state index in [0.717, 1.165) is 10.5 Å². The highest BCUT2D eigenvalue weighted by Gasteiger charge is 2.30. The zero-order valence-corrected chi connectivity index (χ0v) is 14.7. The summed E-state index contributed by atoms with van der Waals surface area (Å²) in [6.07, 6.45) is 4.48. The molecule has 1 N–H and O–H groups in total. The van der Waals surface area contributed by atoms with Crippen LogP contribution in [0.5, 0.6) is 0 Å². The first-order valence-electron chi connectivity index (χ1n) is 8.34. The van der Waals surface area contributed by atoms with Crippen molar-refractivity contribution in [3.8, 4) is 0 Å². The molecule has 1 aromatic carbocycles. The van der Waals surface area contributed by atoms with E-state index in [1.807, 2.05) is 11.6 Å². The van der Waals surface area contributed by atoms with Crippen molar-refractivity contribution in [2.75, 3.05) is 13.1 Å². The molecular formula is C18H17FN4O2S. The maximum absolute atomic E-state index is 12.9. The molecule has 0 bridgehead atoms. The van der Waals surface area contributed by atoms with Crippen LogP contribution in [0.3, 0.4) is 0 Å². The molecule has 1 atom stereocenters. The van der Waals surface area contributed by atoms with Crippen molar-refractivity contribution in [2.24, 2.45) is 0 Å². The number of hydrogen-bond donors (Lipinski definition) is 1. The van der Waals surface area contributed by atoms with E-state index in [2.05, 4.69) is 10.3 Å². The molecule has 134 valence electrons. The third-order valence-electron chi connectivity index (χ3n) is 4.46. The van der Waals surface area contributed by atoms with Gasteiger partial charge in [-0.15, -0.1) is 11.3 Å². The van der Waals surface area contributed by atoms with Gasteiger partial charge in [0.15, 0.2) is 4.96 Å². The number of nitrogens with zero attached hydrogens (tertiary/aromatic N) is 3. The van der Waals surface area contributed by atoms with Gasteiger partial charge in [0.05, 0.1) is 6.04 Å². The molecule has 8 heteroatoms. The molecule has 0 saturated carbocycles. The number of halogens is 1. The number of carbonyl (C=O) groups is 2. The largest absolute Gasteiger partial charge is 0.346 e. The highest BCUT2D eigenvalue weighted by atomic mass is 32.1. The molecule has 2 amide bonds. The van der Waals surface area contributed by atoms with E-state index in [0.29, 0.717) is 25.2 Å². The average molecular weight is 372 g/mol. The van der Waals surface area contributed by atoms with Crippen molar-refractivity contribution in [1.82, 2.24) is 19.6 Å². The Balaban J connectivity index is 1.32. The lowest BCUT2D eigenvalue weighted by Gasteiger charge is -2.17. The van der Waals surface area contributed by atoms with Crippen LogP contribution in [0, 0.1) is 5.82 Å². The van der Waals surface area contributed by atoms with Gasteiger partial charge in [0.2, 0.25) is 5.91 Å². The van der Waals surface area contributed by atoms with Gasteiger partial charge in [-0.2, -0.15) is 0 Å². The third kappa shape index (κ3) is 3.45. The van der Waals surface area contributed by atoms with Gasteiger partial charge in [0, 0.05) is 37.3 Å². The van der Waals surface area contributed by atoms with Gasteiger partial charge < -0.3 is 10.2 Å². The van der Waals surface area contributed by atoms with E-state index < -0.39 is 0 Å². The summed E-state index contributed by atoms with van der Waals surface area (Å²) in [6.45, 7) is 1.03. The first kappa shape index (κ1) is 16.7. The van der Waals surface area contributed by atoms with E-state index in [-0.39, 0.29) is 30.1 Å². The summed E-state index contributed by atoms with van der Waals surface area (Å²) >= 11 is 1.46. The number of carbonyl (C=O) groups excluding carboxylic acids is 2. The van der Waals surface area contributed by atoms with Crippen molar-refractivity contribution in [1.29, 1.82) is 0 Å². The highest BCUT2D eigenvalue weighted by molar-refractivity contribution is 7.15. The highest BCUT2D eigenvalue weighted by Crippen LogP contribution is 2.15. The Bertz CT molecular complexity index is 921. The monoisotopic (exact) mass is 372 g/mol. The summed E-state index contributed by atoms with van der Waals surface area (Å²) < 4.78 is 14.7. The molecule has 26 heavy (non-hydrogen) atoms. The van der Waals surface area contributed by atoms with E-state index in [1.54, 1.807) is 27.6 Å². The molecule has 0 radical (unpaired) electrons. The van der Waals surface area contributed by atoms with Crippen LogP contribution in [-0.4, -0.2) is 45.2 Å². The average Bonchev–Trinajstić information content (AvgIpc) is 3.29. The molecule has 0 aliphatic carbocycles. The van der Waals surface area contributed by atoms with E-state index in [9.17, 15) is 14.0 Å². The first-order valence-corrected chi connectivity index (χ1v) is 9.22. The van der Waals surface area contributed by atoms with E-state index in [1.165, 1.54) is 23.5 Å². The van der Waals surface area contributed by atoms with Crippen LogP contribution in [0.4, 0.5) is 4.39 Å². The fourth-order valence-electron chi connectivity index (χ4n) is 3.10. The number of thiazole rings is 1. The number of rotatable bonds is 5. The number of amides is 2. The molecule has 4 rings (SSSR count). The van der Waals surface area contributed by atoms with Gasteiger partial charge in [0.1, 0.15) is 11.5 Å². The van der Waals surface area contributed by atoms with Crippen molar-refractivity contribution >= 4 is 28.1 Å². The first-order chi connectivity index (χ1) is 12.6. The van der Waals surface area contributed by atoms with Crippen molar-refractivity contribution < 1.29 is 14.0 Å². The second-order valence-corrected chi connectivity index (χ2v) is 7.18. The molecule has 1 aliphatic heterocycles. The molecule has 3 aromatic rings. The molecule has 1 saturated heterocycles. The topological polar surface area (TPSA) is 66.7 Å². The minimum atomic E-state index is -0.270. The van der Waals surface area contributed by atoms with Crippen LogP contribution in [0.2, 0.25) is 0 Å². The van der Waals surface area contributed by atoms with Gasteiger partial charge >= 0.3 is 0 Å². The third-order valence-corrected chi connectivity index (χ3v) is 5.23.